The lowest BCUT2D eigenvalue weighted by atomic mass is 10.2. The summed E-state index contributed by atoms with van der Waals surface area (Å²) in [7, 11) is 0. The first-order chi connectivity index (χ1) is 12.6. The molecule has 136 valence electrons. The van der Waals surface area contributed by atoms with Gasteiger partial charge in [-0.25, -0.2) is 9.78 Å². The molecule has 3 rings (SSSR count). The molecule has 1 atom stereocenters. The Morgan fingerprint density at radius 1 is 1.31 bits per heavy atom. The molecule has 7 nitrogen and oxygen atoms in total. The molecule has 2 aromatic rings. The summed E-state index contributed by atoms with van der Waals surface area (Å²) in [6.45, 7) is 2.02. The van der Waals surface area contributed by atoms with Gasteiger partial charge in [0, 0.05) is 12.7 Å². The molecule has 0 fully saturated rings. The molecular formula is C18H18N2O5S. The minimum atomic E-state index is -0.925. The van der Waals surface area contributed by atoms with Crippen LogP contribution in [0.5, 0.6) is 11.5 Å². The van der Waals surface area contributed by atoms with Crippen LogP contribution in [0.1, 0.15) is 22.8 Å². The maximum absolute atomic E-state index is 12.3. The lowest BCUT2D eigenvalue weighted by Crippen LogP contribution is -2.35. The van der Waals surface area contributed by atoms with Crippen LogP contribution in [0.4, 0.5) is 0 Å². The number of pyridine rings is 1. The average Bonchev–Trinajstić information content (AvgIpc) is 3.13. The van der Waals surface area contributed by atoms with Gasteiger partial charge in [0.25, 0.3) is 5.91 Å². The van der Waals surface area contributed by atoms with Crippen LogP contribution in [0.15, 0.2) is 41.6 Å². The number of nitrogens with one attached hydrogen (secondary N) is 1. The van der Waals surface area contributed by atoms with Gasteiger partial charge in [0.2, 0.25) is 6.79 Å². The van der Waals surface area contributed by atoms with Crippen molar-refractivity contribution in [3.05, 3.63) is 47.7 Å². The maximum atomic E-state index is 12.3. The number of esters is 1. The molecule has 1 unspecified atom stereocenters. The van der Waals surface area contributed by atoms with Crippen molar-refractivity contribution in [2.24, 2.45) is 0 Å². The summed E-state index contributed by atoms with van der Waals surface area (Å²) in [6, 6.07) is 8.71. The van der Waals surface area contributed by atoms with Crippen LogP contribution >= 0.6 is 11.8 Å². The SMILES string of the molecule is CSc1ncccc1C(=O)OC(C)C(=O)NCc1ccc2c(c1)OCO2. The number of rotatable bonds is 6. The summed E-state index contributed by atoms with van der Waals surface area (Å²) in [5, 5.41) is 3.30. The highest BCUT2D eigenvalue weighted by Gasteiger charge is 2.21. The molecule has 0 bridgehead atoms. The Morgan fingerprint density at radius 2 is 2.12 bits per heavy atom. The standard InChI is InChI=1S/C18H18N2O5S/c1-11(25-18(22)13-4-3-7-19-17(13)26-2)16(21)20-9-12-5-6-14-15(8-12)24-10-23-14/h3-8,11H,9-10H2,1-2H3,(H,20,21). The highest BCUT2D eigenvalue weighted by atomic mass is 32.2. The number of hydrogen-bond acceptors (Lipinski definition) is 7. The zero-order valence-electron chi connectivity index (χ0n) is 14.4. The van der Waals surface area contributed by atoms with E-state index in [1.165, 1.54) is 18.7 Å². The topological polar surface area (TPSA) is 86.8 Å². The molecular weight excluding hydrogens is 356 g/mol. The normalized spacial score (nSPS) is 13.2. The van der Waals surface area contributed by atoms with Crippen molar-refractivity contribution in [3.8, 4) is 11.5 Å². The van der Waals surface area contributed by atoms with Crippen molar-refractivity contribution in [1.82, 2.24) is 10.3 Å². The first-order valence-corrected chi connectivity index (χ1v) is 9.17. The van der Waals surface area contributed by atoms with Crippen LogP contribution in [0.25, 0.3) is 0 Å². The first kappa shape index (κ1) is 18.1. The first-order valence-electron chi connectivity index (χ1n) is 7.94. The molecule has 0 spiro atoms. The zero-order chi connectivity index (χ0) is 18.5. The third kappa shape index (κ3) is 4.08. The molecule has 1 aliphatic heterocycles. The second-order valence-electron chi connectivity index (χ2n) is 5.51. The van der Waals surface area contributed by atoms with Crippen LogP contribution in [-0.4, -0.2) is 36.0 Å². The van der Waals surface area contributed by atoms with Crippen LogP contribution in [0, 0.1) is 0 Å². The Hall–Kier alpha value is -2.74. The molecule has 0 saturated carbocycles. The van der Waals surface area contributed by atoms with Crippen molar-refractivity contribution in [1.29, 1.82) is 0 Å². The van der Waals surface area contributed by atoms with Gasteiger partial charge in [-0.05, 0) is 43.0 Å². The number of hydrogen-bond donors (Lipinski definition) is 1. The number of benzene rings is 1. The molecule has 1 aliphatic rings. The van der Waals surface area contributed by atoms with Gasteiger partial charge < -0.3 is 19.5 Å². The number of amides is 1. The third-order valence-corrected chi connectivity index (χ3v) is 4.45. The Kier molecular flexibility index (Phi) is 5.62. The molecule has 2 heterocycles. The molecule has 8 heteroatoms. The fraction of sp³-hybridized carbons (Fsp3) is 0.278. The van der Waals surface area contributed by atoms with E-state index < -0.39 is 12.1 Å². The quantitative estimate of drug-likeness (QED) is 0.614. The fourth-order valence-electron chi connectivity index (χ4n) is 2.37. The molecule has 1 amide bonds. The lowest BCUT2D eigenvalue weighted by Gasteiger charge is -2.14. The summed E-state index contributed by atoms with van der Waals surface area (Å²) in [5.74, 6) is 0.375. The Bertz CT molecular complexity index is 827. The second-order valence-corrected chi connectivity index (χ2v) is 6.31. The molecule has 1 N–H and O–H groups in total. The van der Waals surface area contributed by atoms with E-state index in [1.54, 1.807) is 30.5 Å². The zero-order valence-corrected chi connectivity index (χ0v) is 15.2. The number of carbonyl (C=O) groups excluding carboxylic acids is 2. The van der Waals surface area contributed by atoms with Crippen molar-refractivity contribution < 1.29 is 23.8 Å². The van der Waals surface area contributed by atoms with Crippen LogP contribution < -0.4 is 14.8 Å². The second kappa shape index (κ2) is 8.09. The van der Waals surface area contributed by atoms with Gasteiger partial charge in [-0.15, -0.1) is 11.8 Å². The maximum Gasteiger partial charge on any atom is 0.341 e. The van der Waals surface area contributed by atoms with E-state index in [-0.39, 0.29) is 12.7 Å². The van der Waals surface area contributed by atoms with Crippen LogP contribution in [0.2, 0.25) is 0 Å². The number of carbonyl (C=O) groups is 2. The molecule has 1 aromatic carbocycles. The predicted molar refractivity (Wildman–Crippen MR) is 95.3 cm³/mol. The minimum Gasteiger partial charge on any atom is -0.454 e. The number of ether oxygens (including phenoxy) is 3. The van der Waals surface area contributed by atoms with Gasteiger partial charge >= 0.3 is 5.97 Å². The molecule has 0 saturated heterocycles. The largest absolute Gasteiger partial charge is 0.454 e. The predicted octanol–water partition coefficient (Wildman–Crippen LogP) is 2.39. The van der Waals surface area contributed by atoms with Gasteiger partial charge in [0.15, 0.2) is 17.6 Å². The fourth-order valence-corrected chi connectivity index (χ4v) is 2.91. The highest BCUT2D eigenvalue weighted by molar-refractivity contribution is 7.98. The van der Waals surface area contributed by atoms with Gasteiger partial charge in [-0.3, -0.25) is 4.79 Å². The molecule has 0 aliphatic carbocycles. The molecule has 1 aromatic heterocycles. The monoisotopic (exact) mass is 374 g/mol. The average molecular weight is 374 g/mol. The number of thioether (sulfide) groups is 1. The number of aromatic nitrogens is 1. The van der Waals surface area contributed by atoms with E-state index >= 15 is 0 Å². The smallest absolute Gasteiger partial charge is 0.341 e. The van der Waals surface area contributed by atoms with Gasteiger partial charge in [-0.1, -0.05) is 6.07 Å². The van der Waals surface area contributed by atoms with E-state index in [0.29, 0.717) is 28.6 Å². The van der Waals surface area contributed by atoms with E-state index in [2.05, 4.69) is 10.3 Å². The van der Waals surface area contributed by atoms with Crippen molar-refractivity contribution in [2.75, 3.05) is 13.0 Å². The lowest BCUT2D eigenvalue weighted by molar-refractivity contribution is -0.129. The summed E-state index contributed by atoms with van der Waals surface area (Å²) < 4.78 is 15.8. The molecule has 0 radical (unpaired) electrons. The molecule has 26 heavy (non-hydrogen) atoms. The number of fused-ring (bicyclic) bond motifs is 1. The van der Waals surface area contributed by atoms with E-state index in [1.807, 2.05) is 12.3 Å². The van der Waals surface area contributed by atoms with E-state index in [9.17, 15) is 9.59 Å². The van der Waals surface area contributed by atoms with E-state index in [4.69, 9.17) is 14.2 Å². The van der Waals surface area contributed by atoms with Gasteiger partial charge in [0.1, 0.15) is 5.03 Å². The van der Waals surface area contributed by atoms with Crippen molar-refractivity contribution >= 4 is 23.6 Å². The highest BCUT2D eigenvalue weighted by Crippen LogP contribution is 2.32. The number of nitrogens with zero attached hydrogens (tertiary/aromatic N) is 1. The third-order valence-electron chi connectivity index (χ3n) is 3.74. The van der Waals surface area contributed by atoms with Gasteiger partial charge in [0.05, 0.1) is 5.56 Å². The van der Waals surface area contributed by atoms with Gasteiger partial charge in [-0.2, -0.15) is 0 Å². The Morgan fingerprint density at radius 3 is 2.92 bits per heavy atom. The van der Waals surface area contributed by atoms with E-state index in [0.717, 1.165) is 5.56 Å². The van der Waals surface area contributed by atoms with Crippen LogP contribution in [-0.2, 0) is 16.1 Å². The van der Waals surface area contributed by atoms with Crippen molar-refractivity contribution in [2.45, 2.75) is 24.6 Å². The Balaban J connectivity index is 1.55. The summed E-state index contributed by atoms with van der Waals surface area (Å²) in [4.78, 5) is 28.6. The van der Waals surface area contributed by atoms with Crippen LogP contribution in [0.3, 0.4) is 0 Å². The summed E-state index contributed by atoms with van der Waals surface area (Å²) >= 11 is 1.34. The summed E-state index contributed by atoms with van der Waals surface area (Å²) in [5.41, 5.74) is 1.20. The Labute approximate surface area is 155 Å². The minimum absolute atomic E-state index is 0.199. The summed E-state index contributed by atoms with van der Waals surface area (Å²) in [6.07, 6.45) is 2.50. The van der Waals surface area contributed by atoms with Crippen molar-refractivity contribution in [3.63, 3.8) is 0 Å².